The largest absolute Gasteiger partial charge is 0.462 e. The number of ether oxygens (including phenoxy) is 2. The highest BCUT2D eigenvalue weighted by atomic mass is 19.1. The molecule has 0 fully saturated rings. The first-order valence-corrected chi connectivity index (χ1v) is 7.79. The number of esters is 2. The summed E-state index contributed by atoms with van der Waals surface area (Å²) in [6.45, 7) is 6.67. The van der Waals surface area contributed by atoms with Crippen LogP contribution >= 0.6 is 0 Å². The van der Waals surface area contributed by atoms with Crippen LogP contribution in [0.4, 0.5) is 4.39 Å². The maximum atomic E-state index is 13.1. The monoisotopic (exact) mass is 335 g/mol. The van der Waals surface area contributed by atoms with Crippen molar-refractivity contribution in [2.24, 2.45) is 5.92 Å². The lowest BCUT2D eigenvalue weighted by Gasteiger charge is -2.24. The molecule has 1 aromatic carbocycles. The van der Waals surface area contributed by atoms with Gasteiger partial charge in [-0.05, 0) is 45.4 Å². The molecule has 1 rings (SSSR count). The summed E-state index contributed by atoms with van der Waals surface area (Å²) in [7, 11) is 0. The summed E-state index contributed by atoms with van der Waals surface area (Å²) in [6, 6.07) is 7.32. The standard InChI is InChI=1S/C18H22FNO4/c1-11(2)23-17(21)16(18(22)24-12(3)4)15(9-10-20)13-5-7-14(19)8-6-13/h5-8,11-12,15-16H,9H2,1-4H3. The second kappa shape index (κ2) is 9.02. The van der Waals surface area contributed by atoms with Crippen LogP contribution in [-0.4, -0.2) is 24.1 Å². The minimum atomic E-state index is -1.28. The van der Waals surface area contributed by atoms with Crippen molar-refractivity contribution in [3.63, 3.8) is 0 Å². The maximum Gasteiger partial charge on any atom is 0.321 e. The number of carbonyl (C=O) groups excluding carboxylic acids is 2. The molecule has 0 spiro atoms. The molecule has 0 aromatic heterocycles. The number of hydrogen-bond acceptors (Lipinski definition) is 5. The van der Waals surface area contributed by atoms with Crippen LogP contribution in [0, 0.1) is 23.1 Å². The Morgan fingerprint density at radius 3 is 1.88 bits per heavy atom. The van der Waals surface area contributed by atoms with Gasteiger partial charge in [-0.2, -0.15) is 5.26 Å². The molecule has 24 heavy (non-hydrogen) atoms. The topological polar surface area (TPSA) is 76.4 Å². The highest BCUT2D eigenvalue weighted by Crippen LogP contribution is 2.31. The Hall–Kier alpha value is -2.42. The van der Waals surface area contributed by atoms with Crippen LogP contribution < -0.4 is 0 Å². The predicted molar refractivity (Wildman–Crippen MR) is 85.3 cm³/mol. The molecule has 6 heteroatoms. The van der Waals surface area contributed by atoms with Gasteiger partial charge in [0.1, 0.15) is 5.82 Å². The molecule has 0 aliphatic heterocycles. The van der Waals surface area contributed by atoms with Crippen LogP contribution in [0.3, 0.4) is 0 Å². The first-order chi connectivity index (χ1) is 11.3. The first-order valence-electron chi connectivity index (χ1n) is 7.79. The van der Waals surface area contributed by atoms with E-state index in [1.807, 2.05) is 6.07 Å². The number of nitriles is 1. The third kappa shape index (κ3) is 5.65. The van der Waals surface area contributed by atoms with Gasteiger partial charge in [0.15, 0.2) is 5.92 Å². The van der Waals surface area contributed by atoms with Gasteiger partial charge < -0.3 is 9.47 Å². The molecule has 1 unspecified atom stereocenters. The molecular formula is C18H22FNO4. The van der Waals surface area contributed by atoms with E-state index in [9.17, 15) is 14.0 Å². The van der Waals surface area contributed by atoms with Crippen LogP contribution in [0.2, 0.25) is 0 Å². The van der Waals surface area contributed by atoms with E-state index >= 15 is 0 Å². The average Bonchev–Trinajstić information content (AvgIpc) is 2.46. The van der Waals surface area contributed by atoms with Gasteiger partial charge in [0.2, 0.25) is 0 Å². The Morgan fingerprint density at radius 1 is 1.04 bits per heavy atom. The lowest BCUT2D eigenvalue weighted by atomic mass is 9.83. The van der Waals surface area contributed by atoms with Crippen molar-refractivity contribution in [2.45, 2.75) is 52.2 Å². The molecule has 1 atom stereocenters. The second-order valence-corrected chi connectivity index (χ2v) is 5.97. The van der Waals surface area contributed by atoms with Crippen molar-refractivity contribution in [1.82, 2.24) is 0 Å². The summed E-state index contributed by atoms with van der Waals surface area (Å²) in [6.07, 6.45) is -0.929. The quantitative estimate of drug-likeness (QED) is 0.564. The van der Waals surface area contributed by atoms with Crippen LogP contribution in [0.1, 0.15) is 45.6 Å². The number of rotatable bonds is 7. The van der Waals surface area contributed by atoms with E-state index in [0.29, 0.717) is 5.56 Å². The molecule has 130 valence electrons. The molecule has 0 amide bonds. The van der Waals surface area contributed by atoms with E-state index < -0.39 is 41.8 Å². The molecule has 0 saturated heterocycles. The van der Waals surface area contributed by atoms with E-state index in [2.05, 4.69) is 0 Å². The fourth-order valence-electron chi connectivity index (χ4n) is 2.27. The van der Waals surface area contributed by atoms with Gasteiger partial charge in [0.05, 0.1) is 18.3 Å². The van der Waals surface area contributed by atoms with E-state index in [0.717, 1.165) is 0 Å². The van der Waals surface area contributed by atoms with Crippen molar-refractivity contribution in [2.75, 3.05) is 0 Å². The lowest BCUT2D eigenvalue weighted by Crippen LogP contribution is -2.35. The molecular weight excluding hydrogens is 313 g/mol. The molecule has 0 saturated carbocycles. The summed E-state index contributed by atoms with van der Waals surface area (Å²) < 4.78 is 23.5. The Morgan fingerprint density at radius 2 is 1.50 bits per heavy atom. The number of halogens is 1. The average molecular weight is 335 g/mol. The van der Waals surface area contributed by atoms with Gasteiger partial charge >= 0.3 is 11.9 Å². The normalized spacial score (nSPS) is 12.1. The van der Waals surface area contributed by atoms with Gasteiger partial charge in [-0.1, -0.05) is 12.1 Å². The fourth-order valence-corrected chi connectivity index (χ4v) is 2.27. The summed E-state index contributed by atoms with van der Waals surface area (Å²) in [5.74, 6) is -3.99. The fraction of sp³-hybridized carbons (Fsp3) is 0.500. The van der Waals surface area contributed by atoms with Crippen molar-refractivity contribution in [3.05, 3.63) is 35.6 Å². The highest BCUT2D eigenvalue weighted by molar-refractivity contribution is 5.96. The molecule has 0 bridgehead atoms. The van der Waals surface area contributed by atoms with Gasteiger partial charge in [0, 0.05) is 12.3 Å². The van der Waals surface area contributed by atoms with Gasteiger partial charge in [0.25, 0.3) is 0 Å². The number of nitrogens with zero attached hydrogens (tertiary/aromatic N) is 1. The summed E-state index contributed by atoms with van der Waals surface area (Å²) >= 11 is 0. The lowest BCUT2D eigenvalue weighted by molar-refractivity contribution is -0.167. The molecule has 0 aliphatic carbocycles. The van der Waals surface area contributed by atoms with E-state index in [1.54, 1.807) is 27.7 Å². The molecule has 0 N–H and O–H groups in total. The van der Waals surface area contributed by atoms with Crippen LogP contribution in [0.25, 0.3) is 0 Å². The van der Waals surface area contributed by atoms with E-state index in [4.69, 9.17) is 14.7 Å². The maximum absolute atomic E-state index is 13.1. The Balaban J connectivity index is 3.24. The predicted octanol–water partition coefficient (Wildman–Crippen LogP) is 3.34. The Bertz CT molecular complexity index is 582. The zero-order chi connectivity index (χ0) is 18.3. The third-order valence-corrected chi connectivity index (χ3v) is 3.22. The SMILES string of the molecule is CC(C)OC(=O)C(C(=O)OC(C)C)C(CC#N)c1ccc(F)cc1. The second-order valence-electron chi connectivity index (χ2n) is 5.97. The summed E-state index contributed by atoms with van der Waals surface area (Å²) in [4.78, 5) is 24.9. The third-order valence-electron chi connectivity index (χ3n) is 3.22. The zero-order valence-corrected chi connectivity index (χ0v) is 14.3. The minimum Gasteiger partial charge on any atom is -0.462 e. The molecule has 0 aliphatic rings. The van der Waals surface area contributed by atoms with Crippen molar-refractivity contribution >= 4 is 11.9 Å². The van der Waals surface area contributed by atoms with Crippen molar-refractivity contribution in [1.29, 1.82) is 5.26 Å². The molecule has 0 heterocycles. The van der Waals surface area contributed by atoms with E-state index in [1.165, 1.54) is 24.3 Å². The van der Waals surface area contributed by atoms with Crippen molar-refractivity contribution < 1.29 is 23.5 Å². The highest BCUT2D eigenvalue weighted by Gasteiger charge is 2.39. The Kier molecular flexibility index (Phi) is 7.37. The number of carbonyl (C=O) groups is 2. The smallest absolute Gasteiger partial charge is 0.321 e. The Labute approximate surface area is 141 Å². The number of hydrogen-bond donors (Lipinski definition) is 0. The molecule has 0 radical (unpaired) electrons. The van der Waals surface area contributed by atoms with Gasteiger partial charge in [-0.3, -0.25) is 9.59 Å². The minimum absolute atomic E-state index is 0.101. The first kappa shape index (κ1) is 19.6. The molecule has 1 aromatic rings. The van der Waals surface area contributed by atoms with Crippen LogP contribution in [-0.2, 0) is 19.1 Å². The summed E-state index contributed by atoms with van der Waals surface area (Å²) in [5, 5.41) is 9.10. The molecule has 5 nitrogen and oxygen atoms in total. The van der Waals surface area contributed by atoms with Gasteiger partial charge in [-0.15, -0.1) is 0 Å². The van der Waals surface area contributed by atoms with Crippen LogP contribution in [0.5, 0.6) is 0 Å². The summed E-state index contributed by atoms with van der Waals surface area (Å²) in [5.41, 5.74) is 0.504. The van der Waals surface area contributed by atoms with Gasteiger partial charge in [-0.25, -0.2) is 4.39 Å². The number of benzene rings is 1. The zero-order valence-electron chi connectivity index (χ0n) is 14.3. The van der Waals surface area contributed by atoms with Crippen molar-refractivity contribution in [3.8, 4) is 6.07 Å². The van der Waals surface area contributed by atoms with Crippen LogP contribution in [0.15, 0.2) is 24.3 Å². The van der Waals surface area contributed by atoms with E-state index in [-0.39, 0.29) is 6.42 Å².